The molecule has 0 amide bonds. The molecule has 1 atom stereocenters. The molecule has 0 aromatic rings. The van der Waals surface area contributed by atoms with E-state index in [1.807, 2.05) is 0 Å². The van der Waals surface area contributed by atoms with E-state index in [0.29, 0.717) is 12.3 Å². The predicted molar refractivity (Wildman–Crippen MR) is 96.3 cm³/mol. The molecule has 2 nitrogen and oxygen atoms in total. The topological polar surface area (TPSA) is 37.3 Å². The maximum absolute atomic E-state index is 10.6. The lowest BCUT2D eigenvalue weighted by Crippen LogP contribution is -2.03. The van der Waals surface area contributed by atoms with Crippen LogP contribution in [-0.2, 0) is 4.79 Å². The van der Waals surface area contributed by atoms with Crippen LogP contribution in [0.15, 0.2) is 0 Å². The molecule has 0 aliphatic heterocycles. The Hall–Kier alpha value is -0.530. The molecule has 1 unspecified atom stereocenters. The molecular formula is C20H40O2. The van der Waals surface area contributed by atoms with E-state index in [1.54, 1.807) is 0 Å². The van der Waals surface area contributed by atoms with Crippen LogP contribution < -0.4 is 0 Å². The fraction of sp³-hybridized carbons (Fsp3) is 0.950. The molecule has 0 aliphatic rings. The van der Waals surface area contributed by atoms with E-state index in [4.69, 9.17) is 5.11 Å². The molecule has 0 heterocycles. The first-order valence-corrected chi connectivity index (χ1v) is 9.88. The van der Waals surface area contributed by atoms with Crippen molar-refractivity contribution in [2.75, 3.05) is 0 Å². The zero-order valence-electron chi connectivity index (χ0n) is 15.2. The number of rotatable bonds is 17. The normalized spacial score (nSPS) is 12.5. The van der Waals surface area contributed by atoms with Crippen LogP contribution in [0, 0.1) is 5.92 Å². The summed E-state index contributed by atoms with van der Waals surface area (Å²) in [7, 11) is 0. The van der Waals surface area contributed by atoms with Gasteiger partial charge in [-0.05, 0) is 5.92 Å². The zero-order chi connectivity index (χ0) is 16.5. The van der Waals surface area contributed by atoms with Crippen LogP contribution in [0.4, 0.5) is 0 Å². The standard InChI is InChI=1S/C20H40O2/c1-3-4-5-6-7-8-9-10-11-12-13-14-15-16-17-19(2)18-20(21)22/h19H,3-18H2,1-2H3,(H,21,22). The third kappa shape index (κ3) is 17.5. The second kappa shape index (κ2) is 16.8. The van der Waals surface area contributed by atoms with Gasteiger partial charge in [0.05, 0.1) is 0 Å². The first-order chi connectivity index (χ1) is 10.7. The lowest BCUT2D eigenvalue weighted by molar-refractivity contribution is -0.138. The Morgan fingerprint density at radius 2 is 1.09 bits per heavy atom. The number of aliphatic carboxylic acids is 1. The Labute approximate surface area is 139 Å². The summed E-state index contributed by atoms with van der Waals surface area (Å²) in [6.45, 7) is 4.33. The fourth-order valence-corrected chi connectivity index (χ4v) is 3.09. The Bertz CT molecular complexity index is 238. The average molecular weight is 313 g/mol. The molecule has 0 saturated heterocycles. The Kier molecular flexibility index (Phi) is 16.4. The van der Waals surface area contributed by atoms with E-state index in [1.165, 1.54) is 89.9 Å². The van der Waals surface area contributed by atoms with Gasteiger partial charge in [0.25, 0.3) is 0 Å². The van der Waals surface area contributed by atoms with E-state index >= 15 is 0 Å². The molecule has 1 N–H and O–H groups in total. The second-order valence-electron chi connectivity index (χ2n) is 7.09. The van der Waals surface area contributed by atoms with Gasteiger partial charge in [-0.25, -0.2) is 0 Å². The zero-order valence-corrected chi connectivity index (χ0v) is 15.2. The highest BCUT2D eigenvalue weighted by atomic mass is 16.4. The summed E-state index contributed by atoms with van der Waals surface area (Å²) in [5.74, 6) is -0.312. The average Bonchev–Trinajstić information content (AvgIpc) is 2.47. The largest absolute Gasteiger partial charge is 0.481 e. The SMILES string of the molecule is CCCCCCCCCCCCCCCCC(C)CC(=O)O. The number of hydrogen-bond acceptors (Lipinski definition) is 1. The maximum atomic E-state index is 10.6. The molecule has 0 bridgehead atoms. The van der Waals surface area contributed by atoms with E-state index < -0.39 is 5.97 Å². The molecule has 0 rings (SSSR count). The van der Waals surface area contributed by atoms with Crippen molar-refractivity contribution in [3.8, 4) is 0 Å². The van der Waals surface area contributed by atoms with Gasteiger partial charge in [0.1, 0.15) is 0 Å². The third-order valence-electron chi connectivity index (χ3n) is 4.57. The molecule has 0 aromatic carbocycles. The van der Waals surface area contributed by atoms with Crippen molar-refractivity contribution in [3.05, 3.63) is 0 Å². The van der Waals surface area contributed by atoms with Crippen molar-refractivity contribution < 1.29 is 9.90 Å². The Balaban J connectivity index is 3.07. The lowest BCUT2D eigenvalue weighted by atomic mass is 9.99. The van der Waals surface area contributed by atoms with Crippen LogP contribution in [0.25, 0.3) is 0 Å². The lowest BCUT2D eigenvalue weighted by Gasteiger charge is -2.08. The van der Waals surface area contributed by atoms with E-state index in [9.17, 15) is 4.79 Å². The quantitative estimate of drug-likeness (QED) is 0.294. The number of carbonyl (C=O) groups is 1. The van der Waals surface area contributed by atoms with Crippen molar-refractivity contribution in [1.82, 2.24) is 0 Å². The van der Waals surface area contributed by atoms with Gasteiger partial charge in [-0.2, -0.15) is 0 Å². The van der Waals surface area contributed by atoms with Gasteiger partial charge in [0, 0.05) is 6.42 Å². The molecule has 0 aliphatic carbocycles. The molecule has 0 aromatic heterocycles. The molecular weight excluding hydrogens is 272 g/mol. The highest BCUT2D eigenvalue weighted by Crippen LogP contribution is 2.16. The predicted octanol–water partition coefficient (Wildman–Crippen LogP) is 6.97. The third-order valence-corrected chi connectivity index (χ3v) is 4.57. The van der Waals surface area contributed by atoms with Crippen LogP contribution in [-0.4, -0.2) is 11.1 Å². The molecule has 0 saturated carbocycles. The van der Waals surface area contributed by atoms with Gasteiger partial charge in [-0.1, -0.05) is 110 Å². The summed E-state index contributed by atoms with van der Waals surface area (Å²) in [5.41, 5.74) is 0. The van der Waals surface area contributed by atoms with E-state index in [2.05, 4.69) is 13.8 Å². The first-order valence-electron chi connectivity index (χ1n) is 9.88. The number of unbranched alkanes of at least 4 members (excludes halogenated alkanes) is 13. The van der Waals surface area contributed by atoms with Crippen LogP contribution in [0.1, 0.15) is 117 Å². The van der Waals surface area contributed by atoms with Gasteiger partial charge in [0.15, 0.2) is 0 Å². The van der Waals surface area contributed by atoms with Crippen molar-refractivity contribution in [2.24, 2.45) is 5.92 Å². The fourth-order valence-electron chi connectivity index (χ4n) is 3.09. The van der Waals surface area contributed by atoms with Crippen LogP contribution in [0.5, 0.6) is 0 Å². The Morgan fingerprint density at radius 1 is 0.727 bits per heavy atom. The second-order valence-corrected chi connectivity index (χ2v) is 7.09. The van der Waals surface area contributed by atoms with Crippen LogP contribution in [0.3, 0.4) is 0 Å². The molecule has 132 valence electrons. The van der Waals surface area contributed by atoms with Crippen molar-refractivity contribution in [2.45, 2.75) is 117 Å². The van der Waals surface area contributed by atoms with Crippen molar-refractivity contribution in [3.63, 3.8) is 0 Å². The monoisotopic (exact) mass is 312 g/mol. The summed E-state index contributed by atoms with van der Waals surface area (Å²) < 4.78 is 0. The van der Waals surface area contributed by atoms with E-state index in [0.717, 1.165) is 6.42 Å². The van der Waals surface area contributed by atoms with Gasteiger partial charge in [-0.3, -0.25) is 4.79 Å². The molecule has 0 fully saturated rings. The van der Waals surface area contributed by atoms with Crippen molar-refractivity contribution >= 4 is 5.97 Å². The van der Waals surface area contributed by atoms with Crippen LogP contribution in [0.2, 0.25) is 0 Å². The first kappa shape index (κ1) is 21.5. The van der Waals surface area contributed by atoms with Gasteiger partial charge < -0.3 is 5.11 Å². The summed E-state index contributed by atoms with van der Waals surface area (Å²) in [6, 6.07) is 0. The summed E-state index contributed by atoms with van der Waals surface area (Å²) in [5, 5.41) is 8.70. The summed E-state index contributed by atoms with van der Waals surface area (Å²) >= 11 is 0. The van der Waals surface area contributed by atoms with E-state index in [-0.39, 0.29) is 0 Å². The number of carboxylic acids is 1. The summed E-state index contributed by atoms with van der Waals surface area (Å²) in [6.07, 6.45) is 20.7. The minimum absolute atomic E-state index is 0.332. The number of hydrogen-bond donors (Lipinski definition) is 1. The highest BCUT2D eigenvalue weighted by Gasteiger charge is 2.06. The maximum Gasteiger partial charge on any atom is 0.303 e. The van der Waals surface area contributed by atoms with Gasteiger partial charge in [-0.15, -0.1) is 0 Å². The number of carboxylic acid groups (broad SMARTS) is 1. The highest BCUT2D eigenvalue weighted by molar-refractivity contribution is 5.66. The van der Waals surface area contributed by atoms with Crippen molar-refractivity contribution in [1.29, 1.82) is 0 Å². The minimum atomic E-state index is -0.655. The molecule has 0 spiro atoms. The molecule has 22 heavy (non-hydrogen) atoms. The molecule has 2 heteroatoms. The molecule has 0 radical (unpaired) electrons. The van der Waals surface area contributed by atoms with Crippen LogP contribution >= 0.6 is 0 Å². The minimum Gasteiger partial charge on any atom is -0.481 e. The summed E-state index contributed by atoms with van der Waals surface area (Å²) in [4.78, 5) is 10.6. The van der Waals surface area contributed by atoms with Gasteiger partial charge >= 0.3 is 5.97 Å². The van der Waals surface area contributed by atoms with Gasteiger partial charge in [0.2, 0.25) is 0 Å². The Morgan fingerprint density at radius 3 is 1.45 bits per heavy atom. The smallest absolute Gasteiger partial charge is 0.303 e.